The highest BCUT2D eigenvalue weighted by atomic mass is 35.5. The molecule has 0 atom stereocenters. The molecule has 2 N–H and O–H groups in total. The van der Waals surface area contributed by atoms with Crippen LogP contribution in [0.15, 0.2) is 36.0 Å². The van der Waals surface area contributed by atoms with Gasteiger partial charge in [0, 0.05) is 12.2 Å². The zero-order valence-electron chi connectivity index (χ0n) is 13.2. The predicted octanol–water partition coefficient (Wildman–Crippen LogP) is 4.71. The summed E-state index contributed by atoms with van der Waals surface area (Å²) in [6, 6.07) is 4.39. The third kappa shape index (κ3) is 4.64. The van der Waals surface area contributed by atoms with Crippen LogP contribution in [-0.2, 0) is 0 Å². The first-order valence-corrected chi connectivity index (χ1v) is 8.42. The van der Waals surface area contributed by atoms with Crippen molar-refractivity contribution in [1.29, 1.82) is 0 Å². The first-order chi connectivity index (χ1) is 11.7. The van der Waals surface area contributed by atoms with E-state index in [1.54, 1.807) is 6.07 Å². The molecule has 0 spiro atoms. The molecular formula is C17H19ClFN5. The third-order valence-electron chi connectivity index (χ3n) is 3.87. The summed E-state index contributed by atoms with van der Waals surface area (Å²) in [5, 5.41) is 14.2. The van der Waals surface area contributed by atoms with Gasteiger partial charge in [-0.1, -0.05) is 23.3 Å². The van der Waals surface area contributed by atoms with Gasteiger partial charge in [0.2, 0.25) is 5.95 Å². The predicted molar refractivity (Wildman–Crippen MR) is 94.2 cm³/mol. The number of nitrogens with zero attached hydrogens (tertiary/aromatic N) is 3. The van der Waals surface area contributed by atoms with Gasteiger partial charge in [-0.3, -0.25) is 0 Å². The Bertz CT molecular complexity index is 735. The average molecular weight is 348 g/mol. The lowest BCUT2D eigenvalue weighted by Gasteiger charge is -2.13. The van der Waals surface area contributed by atoms with Crippen molar-refractivity contribution < 1.29 is 4.39 Å². The molecule has 1 aliphatic carbocycles. The second kappa shape index (κ2) is 8.06. The number of aromatic nitrogens is 3. The number of nitrogens with one attached hydrogen (secondary N) is 2. The Balaban J connectivity index is 1.57. The summed E-state index contributed by atoms with van der Waals surface area (Å²) in [6.45, 7) is 0.777. The molecule has 2 aromatic rings. The number of anilines is 3. The Morgan fingerprint density at radius 3 is 2.96 bits per heavy atom. The molecule has 0 unspecified atom stereocenters. The molecule has 5 nitrogen and oxygen atoms in total. The molecule has 1 heterocycles. The van der Waals surface area contributed by atoms with Gasteiger partial charge in [-0.25, -0.2) is 4.39 Å². The molecule has 0 saturated carbocycles. The molecule has 0 aliphatic heterocycles. The van der Waals surface area contributed by atoms with Crippen LogP contribution in [0.2, 0.25) is 5.02 Å². The van der Waals surface area contributed by atoms with Crippen molar-refractivity contribution in [2.75, 3.05) is 17.2 Å². The van der Waals surface area contributed by atoms with E-state index in [0.717, 1.165) is 13.0 Å². The van der Waals surface area contributed by atoms with Gasteiger partial charge in [0.1, 0.15) is 5.82 Å². The van der Waals surface area contributed by atoms with Crippen molar-refractivity contribution in [3.8, 4) is 0 Å². The fraction of sp³-hybridized carbons (Fsp3) is 0.353. The van der Waals surface area contributed by atoms with Gasteiger partial charge in [-0.15, -0.1) is 5.10 Å². The maximum Gasteiger partial charge on any atom is 0.244 e. The first kappa shape index (κ1) is 16.6. The molecule has 0 amide bonds. The van der Waals surface area contributed by atoms with Gasteiger partial charge in [0.15, 0.2) is 5.82 Å². The summed E-state index contributed by atoms with van der Waals surface area (Å²) >= 11 is 5.77. The summed E-state index contributed by atoms with van der Waals surface area (Å²) in [6.07, 6.45) is 9.79. The molecule has 0 radical (unpaired) electrons. The van der Waals surface area contributed by atoms with Crippen LogP contribution in [0.25, 0.3) is 0 Å². The van der Waals surface area contributed by atoms with Crippen molar-refractivity contribution in [2.24, 2.45) is 0 Å². The Kier molecular flexibility index (Phi) is 5.59. The van der Waals surface area contributed by atoms with E-state index in [2.05, 4.69) is 31.9 Å². The number of allylic oxidation sites excluding steroid dienone is 1. The van der Waals surface area contributed by atoms with Crippen molar-refractivity contribution in [1.82, 2.24) is 15.2 Å². The van der Waals surface area contributed by atoms with Gasteiger partial charge < -0.3 is 10.6 Å². The van der Waals surface area contributed by atoms with Crippen LogP contribution in [0.4, 0.5) is 21.8 Å². The minimum Gasteiger partial charge on any atom is -0.353 e. The molecule has 126 valence electrons. The van der Waals surface area contributed by atoms with E-state index < -0.39 is 5.82 Å². The highest BCUT2D eigenvalue weighted by molar-refractivity contribution is 6.31. The fourth-order valence-electron chi connectivity index (χ4n) is 2.63. The maximum atomic E-state index is 13.2. The standard InChI is InChI=1S/C17H19ClFN5/c18-14-10-13(6-7-15(14)19)22-16-11-21-24-17(23-16)20-9-8-12-4-2-1-3-5-12/h4,6-7,10-11H,1-3,5,8-9H2,(H2,20,22,23,24). The smallest absolute Gasteiger partial charge is 0.244 e. The molecule has 1 aromatic heterocycles. The Morgan fingerprint density at radius 1 is 1.25 bits per heavy atom. The van der Waals surface area contributed by atoms with E-state index in [1.165, 1.54) is 49.6 Å². The number of benzene rings is 1. The molecule has 0 bridgehead atoms. The van der Waals surface area contributed by atoms with Gasteiger partial charge >= 0.3 is 0 Å². The van der Waals surface area contributed by atoms with Crippen LogP contribution in [0.1, 0.15) is 32.1 Å². The number of hydrogen-bond donors (Lipinski definition) is 2. The highest BCUT2D eigenvalue weighted by Gasteiger charge is 2.06. The van der Waals surface area contributed by atoms with E-state index in [-0.39, 0.29) is 5.02 Å². The second-order valence-electron chi connectivity index (χ2n) is 5.70. The minimum atomic E-state index is -0.456. The topological polar surface area (TPSA) is 62.7 Å². The lowest BCUT2D eigenvalue weighted by molar-refractivity contribution is 0.628. The molecule has 3 rings (SSSR count). The molecule has 1 aromatic carbocycles. The SMILES string of the molecule is Fc1ccc(Nc2cnnc(NCCC3=CCCCC3)n2)cc1Cl. The van der Waals surface area contributed by atoms with E-state index in [1.807, 2.05) is 0 Å². The molecular weight excluding hydrogens is 329 g/mol. The van der Waals surface area contributed by atoms with Gasteiger partial charge in [-0.05, 0) is 50.3 Å². The lowest BCUT2D eigenvalue weighted by Crippen LogP contribution is -2.09. The van der Waals surface area contributed by atoms with E-state index in [9.17, 15) is 4.39 Å². The van der Waals surface area contributed by atoms with Crippen molar-refractivity contribution in [3.05, 3.63) is 46.9 Å². The Labute approximate surface area is 145 Å². The summed E-state index contributed by atoms with van der Waals surface area (Å²) in [5.74, 6) is 0.527. The van der Waals surface area contributed by atoms with Crippen molar-refractivity contribution in [3.63, 3.8) is 0 Å². The van der Waals surface area contributed by atoms with Crippen LogP contribution in [0, 0.1) is 5.82 Å². The Hall–Kier alpha value is -2.21. The van der Waals surface area contributed by atoms with E-state index in [0.29, 0.717) is 17.5 Å². The first-order valence-electron chi connectivity index (χ1n) is 8.04. The Morgan fingerprint density at radius 2 is 2.17 bits per heavy atom. The van der Waals surface area contributed by atoms with Gasteiger partial charge in [-0.2, -0.15) is 10.1 Å². The van der Waals surface area contributed by atoms with Crippen molar-refractivity contribution in [2.45, 2.75) is 32.1 Å². The zero-order chi connectivity index (χ0) is 16.8. The van der Waals surface area contributed by atoms with Crippen LogP contribution in [-0.4, -0.2) is 21.7 Å². The van der Waals surface area contributed by atoms with E-state index >= 15 is 0 Å². The van der Waals surface area contributed by atoms with Gasteiger partial charge in [0.05, 0.1) is 11.2 Å². The van der Waals surface area contributed by atoms with Crippen LogP contribution in [0.5, 0.6) is 0 Å². The zero-order valence-corrected chi connectivity index (χ0v) is 14.0. The fourth-order valence-corrected chi connectivity index (χ4v) is 2.81. The normalized spacial score (nSPS) is 14.2. The van der Waals surface area contributed by atoms with Gasteiger partial charge in [0.25, 0.3) is 0 Å². The molecule has 7 heteroatoms. The third-order valence-corrected chi connectivity index (χ3v) is 4.15. The molecule has 24 heavy (non-hydrogen) atoms. The molecule has 1 aliphatic rings. The van der Waals surface area contributed by atoms with Crippen LogP contribution < -0.4 is 10.6 Å². The monoisotopic (exact) mass is 347 g/mol. The molecule has 0 fully saturated rings. The molecule has 0 saturated heterocycles. The largest absolute Gasteiger partial charge is 0.353 e. The number of halogens is 2. The quantitative estimate of drug-likeness (QED) is 0.741. The number of rotatable bonds is 6. The van der Waals surface area contributed by atoms with E-state index in [4.69, 9.17) is 11.6 Å². The summed E-state index contributed by atoms with van der Waals surface area (Å²) in [7, 11) is 0. The average Bonchev–Trinajstić information content (AvgIpc) is 2.60. The van der Waals surface area contributed by atoms with Crippen LogP contribution in [0.3, 0.4) is 0 Å². The minimum absolute atomic E-state index is 0.0566. The summed E-state index contributed by atoms with van der Waals surface area (Å²) < 4.78 is 13.2. The summed E-state index contributed by atoms with van der Waals surface area (Å²) in [4.78, 5) is 4.35. The second-order valence-corrected chi connectivity index (χ2v) is 6.11. The van der Waals surface area contributed by atoms with Crippen molar-refractivity contribution >= 4 is 29.1 Å². The lowest BCUT2D eigenvalue weighted by atomic mass is 9.97. The highest BCUT2D eigenvalue weighted by Crippen LogP contribution is 2.22. The summed E-state index contributed by atoms with van der Waals surface area (Å²) in [5.41, 5.74) is 2.14. The van der Waals surface area contributed by atoms with Crippen LogP contribution >= 0.6 is 11.6 Å². The number of hydrogen-bond acceptors (Lipinski definition) is 5. The maximum absolute atomic E-state index is 13.2.